The summed E-state index contributed by atoms with van der Waals surface area (Å²) in [7, 11) is -0.359. The number of unbranched alkanes of at least 4 members (excludes halogenated alkanes) is 4. The van der Waals surface area contributed by atoms with Crippen molar-refractivity contribution in [2.45, 2.75) is 154 Å². The molecule has 0 saturated carbocycles. The second kappa shape index (κ2) is 22.1. The van der Waals surface area contributed by atoms with Gasteiger partial charge in [-0.1, -0.05) is 134 Å². The third-order valence-electron chi connectivity index (χ3n) is 14.3. The minimum Gasteiger partial charge on any atom is -0.457 e. The summed E-state index contributed by atoms with van der Waals surface area (Å²) in [5.74, 6) is 4.03. The highest BCUT2D eigenvalue weighted by molar-refractivity contribution is 14.1. The van der Waals surface area contributed by atoms with Crippen LogP contribution < -0.4 is 14.9 Å². The van der Waals surface area contributed by atoms with Crippen molar-refractivity contribution in [1.29, 1.82) is 0 Å². The molecule has 3 aliphatic rings. The van der Waals surface area contributed by atoms with Crippen LogP contribution in [0.2, 0.25) is 0 Å². The molecule has 0 spiro atoms. The topological polar surface area (TPSA) is 62.7 Å². The van der Waals surface area contributed by atoms with E-state index in [1.807, 2.05) is 24.5 Å². The van der Waals surface area contributed by atoms with Crippen molar-refractivity contribution < 1.29 is 18.8 Å². The Balaban J connectivity index is 0.000000172. The first-order valence-electron chi connectivity index (χ1n) is 24.6. The minimum absolute atomic E-state index is 0.0270. The standard InChI is InChI=1S/C27H37BO3.C26H29NO.C5H4IN/c1-7-9-17-27(18-10-8-2)21-13-11-12-14-23(21)29-24-16-15-20(19-22(24)27)28-30-25(3,4)26(5,6)31-28;1-3-5-15-26(16-6-4-2)22-9-7-8-10-24(22)28-25-12-11-21(19-23(25)26)20-13-17-27-18-14-20;6-5-1-3-7-4-2-5/h11-16,19H,7-10,17-18H2,1-6H3;7-14,17-19H,3-6,15-16H2,1-2H3;1-4H. The number of pyridine rings is 2. The summed E-state index contributed by atoms with van der Waals surface area (Å²) in [6.45, 7) is 17.6. The van der Waals surface area contributed by atoms with Crippen LogP contribution in [0.5, 0.6) is 23.0 Å². The van der Waals surface area contributed by atoms with Gasteiger partial charge in [-0.2, -0.15) is 0 Å². The first kappa shape index (κ1) is 49.4. The van der Waals surface area contributed by atoms with Crippen molar-refractivity contribution in [3.63, 3.8) is 0 Å². The average Bonchev–Trinajstić information content (AvgIpc) is 3.56. The molecule has 0 N–H and O–H groups in total. The van der Waals surface area contributed by atoms with Crippen LogP contribution in [0.3, 0.4) is 0 Å². The van der Waals surface area contributed by atoms with E-state index in [2.05, 4.69) is 185 Å². The number of hydrogen-bond donors (Lipinski definition) is 0. The van der Waals surface area contributed by atoms with Crippen LogP contribution in [-0.4, -0.2) is 28.3 Å². The van der Waals surface area contributed by atoms with Crippen molar-refractivity contribution in [1.82, 2.24) is 9.97 Å². The summed E-state index contributed by atoms with van der Waals surface area (Å²) < 4.78 is 26.8. The molecule has 0 unspecified atom stereocenters. The van der Waals surface area contributed by atoms with Gasteiger partial charge in [-0.3, -0.25) is 9.97 Å². The Hall–Kier alpha value is -4.51. The van der Waals surface area contributed by atoms with E-state index in [1.54, 1.807) is 12.4 Å². The second-order valence-corrected chi connectivity index (χ2v) is 20.5. The molecule has 8 heteroatoms. The van der Waals surface area contributed by atoms with Gasteiger partial charge in [0.15, 0.2) is 0 Å². The summed E-state index contributed by atoms with van der Waals surface area (Å²) in [6, 6.07) is 38.6. The first-order valence-corrected chi connectivity index (χ1v) is 25.6. The van der Waals surface area contributed by atoms with E-state index < -0.39 is 0 Å². The van der Waals surface area contributed by atoms with Crippen molar-refractivity contribution in [3.05, 3.63) is 160 Å². The lowest BCUT2D eigenvalue weighted by atomic mass is 9.64. The normalized spacial score (nSPS) is 16.3. The van der Waals surface area contributed by atoms with Crippen LogP contribution in [0.15, 0.2) is 134 Å². The lowest BCUT2D eigenvalue weighted by Gasteiger charge is -2.41. The molecule has 0 atom stereocenters. The van der Waals surface area contributed by atoms with Gasteiger partial charge in [0, 0.05) is 61.4 Å². The predicted molar refractivity (Wildman–Crippen MR) is 281 cm³/mol. The highest BCUT2D eigenvalue weighted by Crippen LogP contribution is 2.55. The summed E-state index contributed by atoms with van der Waals surface area (Å²) >= 11 is 2.24. The van der Waals surface area contributed by atoms with E-state index >= 15 is 0 Å². The summed E-state index contributed by atoms with van der Waals surface area (Å²) in [4.78, 5) is 8.01. The predicted octanol–water partition coefficient (Wildman–Crippen LogP) is 16.0. The number of benzene rings is 4. The van der Waals surface area contributed by atoms with E-state index in [-0.39, 0.29) is 29.2 Å². The van der Waals surface area contributed by atoms with Crippen molar-refractivity contribution in [2.24, 2.45) is 0 Å². The molecule has 346 valence electrons. The van der Waals surface area contributed by atoms with Crippen LogP contribution in [0, 0.1) is 3.57 Å². The van der Waals surface area contributed by atoms with E-state index in [4.69, 9.17) is 18.8 Å². The number of para-hydroxylation sites is 2. The van der Waals surface area contributed by atoms with Gasteiger partial charge in [0.25, 0.3) is 0 Å². The number of ether oxygens (including phenoxy) is 2. The number of hydrogen-bond acceptors (Lipinski definition) is 6. The van der Waals surface area contributed by atoms with Crippen molar-refractivity contribution in [3.8, 4) is 34.1 Å². The molecule has 6 nitrogen and oxygen atoms in total. The zero-order chi connectivity index (χ0) is 46.8. The van der Waals surface area contributed by atoms with Crippen LogP contribution >= 0.6 is 22.6 Å². The largest absolute Gasteiger partial charge is 0.494 e. The zero-order valence-corrected chi connectivity index (χ0v) is 42.8. The molecule has 3 aliphatic heterocycles. The Morgan fingerprint density at radius 1 is 0.455 bits per heavy atom. The van der Waals surface area contributed by atoms with Crippen LogP contribution in [0.25, 0.3) is 11.1 Å². The van der Waals surface area contributed by atoms with Gasteiger partial charge in [0.2, 0.25) is 0 Å². The van der Waals surface area contributed by atoms with Gasteiger partial charge in [-0.15, -0.1) is 0 Å². The van der Waals surface area contributed by atoms with E-state index in [1.165, 1.54) is 88.3 Å². The Bertz CT molecular complexity index is 2460. The maximum atomic E-state index is 6.41. The molecular formula is C58H70BIN2O4. The molecule has 0 amide bonds. The number of fused-ring (bicyclic) bond motifs is 4. The smallest absolute Gasteiger partial charge is 0.457 e. The molecule has 66 heavy (non-hydrogen) atoms. The van der Waals surface area contributed by atoms with Crippen molar-refractivity contribution >= 4 is 35.2 Å². The Morgan fingerprint density at radius 2 is 0.864 bits per heavy atom. The molecule has 0 aliphatic carbocycles. The molecular weight excluding hydrogens is 926 g/mol. The lowest BCUT2D eigenvalue weighted by Crippen LogP contribution is -2.41. The average molecular weight is 997 g/mol. The summed E-state index contributed by atoms with van der Waals surface area (Å²) in [5.41, 5.74) is 8.15. The van der Waals surface area contributed by atoms with Gasteiger partial charge in [-0.05, 0) is 147 Å². The number of rotatable bonds is 14. The monoisotopic (exact) mass is 996 g/mol. The van der Waals surface area contributed by atoms with Gasteiger partial charge < -0.3 is 18.8 Å². The Labute approximate surface area is 410 Å². The first-order chi connectivity index (χ1) is 31.9. The molecule has 2 aromatic heterocycles. The number of nitrogens with zero attached hydrogens (tertiary/aromatic N) is 2. The maximum Gasteiger partial charge on any atom is 0.494 e. The summed E-state index contributed by atoms with van der Waals surface area (Å²) in [6.07, 6.45) is 21.5. The molecule has 4 aromatic carbocycles. The second-order valence-electron chi connectivity index (χ2n) is 19.2. The molecule has 6 aromatic rings. The van der Waals surface area contributed by atoms with Gasteiger partial charge in [0.1, 0.15) is 23.0 Å². The van der Waals surface area contributed by atoms with Crippen LogP contribution in [-0.2, 0) is 20.1 Å². The van der Waals surface area contributed by atoms with Crippen LogP contribution in [0.4, 0.5) is 0 Å². The number of halogens is 1. The fourth-order valence-corrected chi connectivity index (χ4v) is 10.2. The Kier molecular flexibility index (Phi) is 16.5. The molecule has 0 bridgehead atoms. The lowest BCUT2D eigenvalue weighted by molar-refractivity contribution is 0.00578. The minimum atomic E-state index is -0.359. The van der Waals surface area contributed by atoms with E-state index in [0.717, 1.165) is 54.1 Å². The fourth-order valence-electron chi connectivity index (χ4n) is 9.86. The van der Waals surface area contributed by atoms with Crippen LogP contribution in [0.1, 0.15) is 155 Å². The SMILES string of the molecule is CCCCC1(CCCC)c2ccccc2Oc2ccc(-c3ccncc3)cc21.CCCCC1(CCCC)c2ccccc2Oc2ccc(B3OC(C)(C)C(C)(C)O3)cc21.Ic1ccncc1. The quantitative estimate of drug-likeness (QED) is 0.0800. The fraction of sp³-hybridized carbons (Fsp3) is 0.414. The zero-order valence-electron chi connectivity index (χ0n) is 40.7. The highest BCUT2D eigenvalue weighted by Gasteiger charge is 2.52. The van der Waals surface area contributed by atoms with Crippen molar-refractivity contribution in [2.75, 3.05) is 0 Å². The maximum absolute atomic E-state index is 6.41. The third kappa shape index (κ3) is 10.6. The van der Waals surface area contributed by atoms with E-state index in [0.29, 0.717) is 0 Å². The molecule has 1 saturated heterocycles. The molecule has 0 radical (unpaired) electrons. The van der Waals surface area contributed by atoms with Gasteiger partial charge in [0.05, 0.1) is 11.2 Å². The Morgan fingerprint density at radius 3 is 1.30 bits per heavy atom. The van der Waals surface area contributed by atoms with E-state index in [9.17, 15) is 0 Å². The third-order valence-corrected chi connectivity index (χ3v) is 15.0. The molecule has 1 fully saturated rings. The van der Waals surface area contributed by atoms with Gasteiger partial charge >= 0.3 is 7.12 Å². The van der Waals surface area contributed by atoms with Gasteiger partial charge in [-0.25, -0.2) is 0 Å². The number of aromatic nitrogens is 2. The summed E-state index contributed by atoms with van der Waals surface area (Å²) in [5, 5.41) is 0. The highest BCUT2D eigenvalue weighted by atomic mass is 127. The molecule has 9 rings (SSSR count). The molecule has 5 heterocycles.